The number of aromatic nitrogens is 2. The summed E-state index contributed by atoms with van der Waals surface area (Å²) in [5.41, 5.74) is 1.49. The Bertz CT molecular complexity index is 1090. The monoisotopic (exact) mass is 439 g/mol. The molecule has 4 heterocycles. The molecule has 2 unspecified atom stereocenters. The zero-order valence-electron chi connectivity index (χ0n) is 18.1. The summed E-state index contributed by atoms with van der Waals surface area (Å²) >= 11 is 1.47. The lowest BCUT2D eigenvalue weighted by atomic mass is 10.0. The number of hydrogen-bond donors (Lipinski definition) is 0. The number of fused-ring (bicyclic) bond motifs is 3. The van der Waals surface area contributed by atoms with Crippen LogP contribution in [0.25, 0.3) is 15.9 Å². The predicted octanol–water partition coefficient (Wildman–Crippen LogP) is 4.38. The first-order valence-corrected chi connectivity index (χ1v) is 12.0. The molecule has 2 aromatic heterocycles. The first-order valence-electron chi connectivity index (χ1n) is 11.2. The van der Waals surface area contributed by atoms with E-state index in [-0.39, 0.29) is 11.7 Å². The van der Waals surface area contributed by atoms with Gasteiger partial charge >= 0.3 is 0 Å². The number of thiophene rings is 1. The van der Waals surface area contributed by atoms with E-state index in [9.17, 15) is 4.79 Å². The summed E-state index contributed by atoms with van der Waals surface area (Å²) in [7, 11) is 2.24. The molecule has 2 atom stereocenters. The van der Waals surface area contributed by atoms with Crippen molar-refractivity contribution in [2.75, 3.05) is 13.7 Å². The molecule has 0 spiro atoms. The van der Waals surface area contributed by atoms with Gasteiger partial charge in [-0.05, 0) is 69.5 Å². The third-order valence-electron chi connectivity index (χ3n) is 6.55. The minimum Gasteiger partial charge on any atom is -0.490 e. The van der Waals surface area contributed by atoms with Gasteiger partial charge in [0.05, 0.1) is 17.8 Å². The molecule has 0 radical (unpaired) electrons. The van der Waals surface area contributed by atoms with E-state index in [2.05, 4.69) is 23.9 Å². The Morgan fingerprint density at radius 2 is 1.90 bits per heavy atom. The summed E-state index contributed by atoms with van der Waals surface area (Å²) in [6.07, 6.45) is 7.63. The summed E-state index contributed by atoms with van der Waals surface area (Å²) in [5.74, 6) is 0.867. The molecular formula is C24H29N3O3S. The maximum absolute atomic E-state index is 13.0. The highest BCUT2D eigenvalue weighted by atomic mass is 32.1. The molecule has 0 N–H and O–H groups in total. The third-order valence-corrected chi connectivity index (χ3v) is 7.64. The molecule has 2 bridgehead atoms. The molecule has 7 heteroatoms. The second-order valence-electron chi connectivity index (χ2n) is 8.66. The summed E-state index contributed by atoms with van der Waals surface area (Å²) in [6, 6.07) is 11.1. The normalized spacial score (nSPS) is 23.5. The number of nitrogens with zero attached hydrogens (tertiary/aromatic N) is 3. The first-order chi connectivity index (χ1) is 15.1. The quantitative estimate of drug-likeness (QED) is 0.512. The number of benzene rings is 1. The van der Waals surface area contributed by atoms with E-state index in [1.165, 1.54) is 24.2 Å². The third kappa shape index (κ3) is 4.14. The van der Waals surface area contributed by atoms with E-state index >= 15 is 0 Å². The summed E-state index contributed by atoms with van der Waals surface area (Å²) in [5, 5.41) is 0. The molecule has 0 aliphatic carbocycles. The standard InChI is InChI=1S/C24H29N3O3S/c1-3-10-29-14-21-13-22-23(31-21)24(28)27(15-25-22)16-6-8-19(9-7-16)30-20-11-17-4-5-18(12-20)26(17)2/h6-9,13,15,17-18,20H,3-5,10-12,14H2,1-2H3. The second kappa shape index (κ2) is 8.73. The number of rotatable bonds is 7. The largest absolute Gasteiger partial charge is 0.490 e. The average molecular weight is 440 g/mol. The highest BCUT2D eigenvalue weighted by Crippen LogP contribution is 2.36. The van der Waals surface area contributed by atoms with Gasteiger partial charge in [0, 0.05) is 23.6 Å². The van der Waals surface area contributed by atoms with Crippen LogP contribution in [0.1, 0.15) is 43.9 Å². The van der Waals surface area contributed by atoms with Crippen LogP contribution in [-0.4, -0.2) is 46.3 Å². The molecule has 164 valence electrons. The lowest BCUT2D eigenvalue weighted by molar-refractivity contribution is 0.0662. The Morgan fingerprint density at radius 1 is 1.16 bits per heavy atom. The minimum absolute atomic E-state index is 0.0442. The summed E-state index contributed by atoms with van der Waals surface area (Å²) < 4.78 is 14.2. The molecule has 0 amide bonds. The van der Waals surface area contributed by atoms with Crippen molar-refractivity contribution in [1.29, 1.82) is 0 Å². The van der Waals surface area contributed by atoms with Crippen LogP contribution in [-0.2, 0) is 11.3 Å². The molecule has 3 aromatic rings. The smallest absolute Gasteiger partial charge is 0.275 e. The molecule has 2 fully saturated rings. The molecular weight excluding hydrogens is 410 g/mol. The fourth-order valence-corrected chi connectivity index (χ4v) is 5.85. The van der Waals surface area contributed by atoms with Gasteiger partial charge in [-0.25, -0.2) is 4.98 Å². The van der Waals surface area contributed by atoms with Gasteiger partial charge in [-0.3, -0.25) is 9.36 Å². The topological polar surface area (TPSA) is 56.6 Å². The zero-order chi connectivity index (χ0) is 21.4. The van der Waals surface area contributed by atoms with E-state index in [4.69, 9.17) is 9.47 Å². The van der Waals surface area contributed by atoms with Gasteiger partial charge in [-0.2, -0.15) is 0 Å². The van der Waals surface area contributed by atoms with Gasteiger partial charge < -0.3 is 14.4 Å². The van der Waals surface area contributed by atoms with Crippen LogP contribution in [0, 0.1) is 0 Å². The van der Waals surface area contributed by atoms with E-state index < -0.39 is 0 Å². The molecule has 5 rings (SSSR count). The highest BCUT2D eigenvalue weighted by Gasteiger charge is 2.39. The van der Waals surface area contributed by atoms with Crippen molar-refractivity contribution in [3.63, 3.8) is 0 Å². The number of piperidine rings is 1. The average Bonchev–Trinajstić information content (AvgIpc) is 3.26. The Hall–Kier alpha value is -2.22. The Balaban J connectivity index is 1.31. The van der Waals surface area contributed by atoms with Crippen molar-refractivity contribution >= 4 is 21.6 Å². The van der Waals surface area contributed by atoms with Crippen LogP contribution in [0.15, 0.2) is 41.5 Å². The zero-order valence-corrected chi connectivity index (χ0v) is 18.9. The van der Waals surface area contributed by atoms with E-state index in [0.717, 1.165) is 47.7 Å². The van der Waals surface area contributed by atoms with Gasteiger partial charge in [0.1, 0.15) is 22.9 Å². The van der Waals surface area contributed by atoms with Crippen molar-refractivity contribution in [2.45, 2.75) is 63.8 Å². The summed E-state index contributed by atoms with van der Waals surface area (Å²) in [4.78, 5) is 21.1. The van der Waals surface area contributed by atoms with Gasteiger partial charge in [-0.15, -0.1) is 11.3 Å². The van der Waals surface area contributed by atoms with Crippen LogP contribution in [0.4, 0.5) is 0 Å². The fraction of sp³-hybridized carbons (Fsp3) is 0.500. The van der Waals surface area contributed by atoms with Crippen molar-refractivity contribution in [3.8, 4) is 11.4 Å². The van der Waals surface area contributed by atoms with Crippen LogP contribution in [0.5, 0.6) is 5.75 Å². The molecule has 1 aromatic carbocycles. The molecule has 2 saturated heterocycles. The predicted molar refractivity (Wildman–Crippen MR) is 123 cm³/mol. The molecule has 2 aliphatic heterocycles. The van der Waals surface area contributed by atoms with E-state index in [1.54, 1.807) is 10.9 Å². The van der Waals surface area contributed by atoms with Crippen molar-refractivity contribution in [3.05, 3.63) is 51.9 Å². The lowest BCUT2D eigenvalue weighted by Crippen LogP contribution is -2.43. The molecule has 2 aliphatic rings. The maximum Gasteiger partial charge on any atom is 0.275 e. The Kier molecular flexibility index (Phi) is 5.82. The van der Waals surface area contributed by atoms with Crippen LogP contribution in [0.3, 0.4) is 0 Å². The minimum atomic E-state index is -0.0442. The van der Waals surface area contributed by atoms with E-state index in [1.807, 2.05) is 30.3 Å². The van der Waals surface area contributed by atoms with Gasteiger partial charge in [-0.1, -0.05) is 6.92 Å². The van der Waals surface area contributed by atoms with Crippen molar-refractivity contribution in [1.82, 2.24) is 14.5 Å². The van der Waals surface area contributed by atoms with Crippen molar-refractivity contribution < 1.29 is 9.47 Å². The van der Waals surface area contributed by atoms with Crippen molar-refractivity contribution in [2.24, 2.45) is 0 Å². The highest BCUT2D eigenvalue weighted by molar-refractivity contribution is 7.18. The fourth-order valence-electron chi connectivity index (χ4n) is 4.87. The second-order valence-corrected chi connectivity index (χ2v) is 9.79. The number of hydrogen-bond acceptors (Lipinski definition) is 6. The van der Waals surface area contributed by atoms with Gasteiger partial charge in [0.25, 0.3) is 5.56 Å². The van der Waals surface area contributed by atoms with Gasteiger partial charge in [0.2, 0.25) is 0 Å². The molecule has 6 nitrogen and oxygen atoms in total. The van der Waals surface area contributed by atoms with Crippen LogP contribution >= 0.6 is 11.3 Å². The Morgan fingerprint density at radius 3 is 2.61 bits per heavy atom. The maximum atomic E-state index is 13.0. The van der Waals surface area contributed by atoms with Gasteiger partial charge in [0.15, 0.2) is 0 Å². The Labute approximate surface area is 186 Å². The van der Waals surface area contributed by atoms with Crippen LogP contribution in [0.2, 0.25) is 0 Å². The summed E-state index contributed by atoms with van der Waals surface area (Å²) in [6.45, 7) is 3.33. The van der Waals surface area contributed by atoms with Crippen LogP contribution < -0.4 is 10.3 Å². The first kappa shape index (κ1) is 20.7. The number of ether oxygens (including phenoxy) is 2. The lowest BCUT2D eigenvalue weighted by Gasteiger charge is -2.36. The SMILES string of the molecule is CCCOCc1cc2ncn(-c3ccc(OC4CC5CCC(C4)N5C)cc3)c(=O)c2s1. The molecule has 31 heavy (non-hydrogen) atoms. The van der Waals surface area contributed by atoms with E-state index in [0.29, 0.717) is 23.4 Å². The molecule has 0 saturated carbocycles.